The number of hydrogen-bond acceptors (Lipinski definition) is 4. The number of benzene rings is 3. The van der Waals surface area contributed by atoms with E-state index in [1.165, 1.54) is 10.8 Å². The number of rotatable bonds is 7. The minimum Gasteiger partial charge on any atom is -0.493 e. The number of nitrogens with one attached hydrogen (secondary N) is 2. The Morgan fingerprint density at radius 2 is 1.90 bits per heavy atom. The lowest BCUT2D eigenvalue weighted by atomic mass is 9.93. The van der Waals surface area contributed by atoms with E-state index >= 15 is 0 Å². The number of unbranched alkanes of at least 4 members (excludes halogenated alkanes) is 1. The Morgan fingerprint density at radius 1 is 1.05 bits per heavy atom. The smallest absolute Gasteiger partial charge is 0.330 e. The highest BCUT2D eigenvalue weighted by Gasteiger charge is 2.25. The molecule has 1 atom stereocenters. The van der Waals surface area contributed by atoms with Gasteiger partial charge in [0, 0.05) is 43.5 Å². The molecule has 2 aromatic heterocycles. The molecule has 0 bridgehead atoms. The highest BCUT2D eigenvalue weighted by atomic mass is 16.3. The van der Waals surface area contributed by atoms with E-state index in [1.807, 2.05) is 47.5 Å². The van der Waals surface area contributed by atoms with Crippen LogP contribution >= 0.6 is 0 Å². The maximum Gasteiger partial charge on any atom is 0.330 e. The van der Waals surface area contributed by atoms with Gasteiger partial charge < -0.3 is 20.3 Å². The van der Waals surface area contributed by atoms with Crippen molar-refractivity contribution in [2.45, 2.75) is 45.2 Å². The van der Waals surface area contributed by atoms with E-state index < -0.39 is 0 Å². The molecule has 0 fully saturated rings. The lowest BCUT2D eigenvalue weighted by molar-refractivity contribution is 0.0987. The zero-order valence-electron chi connectivity index (χ0n) is 23.4. The zero-order chi connectivity index (χ0) is 28.5. The lowest BCUT2D eigenvalue weighted by Gasteiger charge is -2.23. The molecule has 210 valence electrons. The van der Waals surface area contributed by atoms with Crippen LogP contribution in [0.4, 0.5) is 11.4 Å². The molecule has 1 aliphatic heterocycles. The summed E-state index contributed by atoms with van der Waals surface area (Å²) in [5, 5.41) is 14.5. The van der Waals surface area contributed by atoms with Crippen molar-refractivity contribution < 1.29 is 9.90 Å². The summed E-state index contributed by atoms with van der Waals surface area (Å²) in [6, 6.07) is 22.8. The van der Waals surface area contributed by atoms with E-state index in [9.17, 15) is 14.7 Å². The second-order valence-corrected chi connectivity index (χ2v) is 10.9. The Labute approximate surface area is 238 Å². The summed E-state index contributed by atoms with van der Waals surface area (Å²) in [7, 11) is 1.56. The molecule has 0 spiro atoms. The number of fused-ring (bicyclic) bond motifs is 2. The number of aromatic amines is 1. The molecule has 0 saturated carbocycles. The SMILES string of the molecule is C[C@H]1CCN(C(=O)c2ccc(-c3ccc4[nH]ccc4c3)c(CCCCn3cc(O)n(C)c3=O)c2)c2ccccc2N1. The highest BCUT2D eigenvalue weighted by molar-refractivity contribution is 6.08. The van der Waals surface area contributed by atoms with Crippen molar-refractivity contribution in [1.29, 1.82) is 0 Å². The standard InChI is InChI=1S/C33H35N5O3/c1-22-15-18-38(30-9-4-3-8-29(30)35-22)32(40)26-10-12-27(24-11-13-28-25(19-24)14-16-34-28)23(20-26)7-5-6-17-37-21-31(39)36(2)33(37)41/h3-4,8-14,16,19-22,34-35,39H,5-7,15,17-18H2,1-2H3/t22-/m0/s1. The van der Waals surface area contributed by atoms with Crippen molar-refractivity contribution in [3.8, 4) is 17.0 Å². The summed E-state index contributed by atoms with van der Waals surface area (Å²) in [6.45, 7) is 3.31. The number of carbonyl (C=O) groups excluding carboxylic acids is 1. The topological polar surface area (TPSA) is 95.3 Å². The fraction of sp³-hybridized carbons (Fsp3) is 0.273. The molecule has 0 radical (unpaired) electrons. The van der Waals surface area contributed by atoms with E-state index in [0.717, 1.165) is 64.7 Å². The van der Waals surface area contributed by atoms with Gasteiger partial charge in [-0.15, -0.1) is 0 Å². The monoisotopic (exact) mass is 549 g/mol. The molecule has 3 aromatic carbocycles. The van der Waals surface area contributed by atoms with Crippen LogP contribution < -0.4 is 15.9 Å². The number of aromatic nitrogens is 3. The third-order valence-electron chi connectivity index (χ3n) is 8.09. The maximum absolute atomic E-state index is 14.0. The van der Waals surface area contributed by atoms with Crippen molar-refractivity contribution in [2.24, 2.45) is 7.05 Å². The summed E-state index contributed by atoms with van der Waals surface area (Å²) < 4.78 is 2.78. The van der Waals surface area contributed by atoms with E-state index in [1.54, 1.807) is 11.6 Å². The summed E-state index contributed by atoms with van der Waals surface area (Å²) >= 11 is 0. The van der Waals surface area contributed by atoms with Gasteiger partial charge in [0.2, 0.25) is 5.88 Å². The van der Waals surface area contributed by atoms with Crippen molar-refractivity contribution >= 4 is 28.2 Å². The molecule has 5 aromatic rings. The number of hydrogen-bond donors (Lipinski definition) is 3. The zero-order valence-corrected chi connectivity index (χ0v) is 23.4. The fourth-order valence-electron chi connectivity index (χ4n) is 5.74. The largest absolute Gasteiger partial charge is 0.493 e. The molecule has 8 heteroatoms. The van der Waals surface area contributed by atoms with Crippen LogP contribution in [0.25, 0.3) is 22.0 Å². The van der Waals surface area contributed by atoms with Gasteiger partial charge in [-0.3, -0.25) is 13.9 Å². The van der Waals surface area contributed by atoms with Gasteiger partial charge in [-0.1, -0.05) is 24.3 Å². The van der Waals surface area contributed by atoms with Gasteiger partial charge in [0.1, 0.15) is 0 Å². The first kappa shape index (κ1) is 26.5. The number of aromatic hydroxyl groups is 1. The van der Waals surface area contributed by atoms with E-state index in [-0.39, 0.29) is 23.5 Å². The second-order valence-electron chi connectivity index (χ2n) is 10.9. The fourth-order valence-corrected chi connectivity index (χ4v) is 5.74. The number of amides is 1. The average Bonchev–Trinajstić information content (AvgIpc) is 3.49. The van der Waals surface area contributed by atoms with Crippen LogP contribution in [0.2, 0.25) is 0 Å². The van der Waals surface area contributed by atoms with Crippen LogP contribution in [0.1, 0.15) is 42.1 Å². The van der Waals surface area contributed by atoms with E-state index in [2.05, 4.69) is 47.6 Å². The molecule has 1 aliphatic rings. The molecule has 8 nitrogen and oxygen atoms in total. The lowest BCUT2D eigenvalue weighted by Crippen LogP contribution is -2.32. The molecular weight excluding hydrogens is 514 g/mol. The average molecular weight is 550 g/mol. The van der Waals surface area contributed by atoms with Crippen LogP contribution in [0.15, 0.2) is 83.9 Å². The number of imidazole rings is 1. The minimum atomic E-state index is -0.225. The van der Waals surface area contributed by atoms with Crippen molar-refractivity contribution in [1.82, 2.24) is 14.1 Å². The number of nitrogens with zero attached hydrogens (tertiary/aromatic N) is 3. The van der Waals surface area contributed by atoms with Crippen molar-refractivity contribution in [3.05, 3.63) is 101 Å². The molecular formula is C33H35N5O3. The highest BCUT2D eigenvalue weighted by Crippen LogP contribution is 2.33. The molecule has 1 amide bonds. The van der Waals surface area contributed by atoms with E-state index in [0.29, 0.717) is 18.7 Å². The minimum absolute atomic E-state index is 0.00597. The van der Waals surface area contributed by atoms with Gasteiger partial charge in [0.25, 0.3) is 5.91 Å². The molecule has 41 heavy (non-hydrogen) atoms. The Bertz CT molecular complexity index is 1780. The first-order chi connectivity index (χ1) is 19.9. The van der Waals surface area contributed by atoms with Gasteiger partial charge in [0.05, 0.1) is 17.6 Å². The number of H-pyrrole nitrogens is 1. The van der Waals surface area contributed by atoms with Crippen LogP contribution in [0.5, 0.6) is 5.88 Å². The Kier molecular flexibility index (Phi) is 7.14. The van der Waals surface area contributed by atoms with Crippen LogP contribution in [0, 0.1) is 0 Å². The molecule has 6 rings (SSSR count). The van der Waals surface area contributed by atoms with E-state index in [4.69, 9.17) is 0 Å². The predicted octanol–water partition coefficient (Wildman–Crippen LogP) is 5.91. The Hall–Kier alpha value is -4.72. The molecule has 0 unspecified atom stereocenters. The quantitative estimate of drug-likeness (QED) is 0.220. The van der Waals surface area contributed by atoms with Gasteiger partial charge in [-0.05, 0) is 97.1 Å². The number of aryl methyl sites for hydroxylation is 2. The second kappa shape index (κ2) is 11.0. The summed E-state index contributed by atoms with van der Waals surface area (Å²) in [4.78, 5) is 31.4. The first-order valence-corrected chi connectivity index (χ1v) is 14.2. The van der Waals surface area contributed by atoms with Crippen molar-refractivity contribution in [3.63, 3.8) is 0 Å². The maximum atomic E-state index is 14.0. The molecule has 3 N–H and O–H groups in total. The molecule has 0 aliphatic carbocycles. The number of anilines is 2. The summed E-state index contributed by atoms with van der Waals surface area (Å²) in [6.07, 6.45) is 6.62. The number of para-hydroxylation sites is 2. The van der Waals surface area contributed by atoms with Gasteiger partial charge in [-0.25, -0.2) is 4.79 Å². The third-order valence-corrected chi connectivity index (χ3v) is 8.09. The summed E-state index contributed by atoms with van der Waals surface area (Å²) in [5.41, 5.74) is 6.72. The van der Waals surface area contributed by atoms with Crippen LogP contribution in [0.3, 0.4) is 0 Å². The van der Waals surface area contributed by atoms with Crippen molar-refractivity contribution in [2.75, 3.05) is 16.8 Å². The molecule has 3 heterocycles. The van der Waals surface area contributed by atoms with Gasteiger partial charge in [-0.2, -0.15) is 0 Å². The Morgan fingerprint density at radius 3 is 2.73 bits per heavy atom. The summed E-state index contributed by atoms with van der Waals surface area (Å²) in [5.74, 6) is -0.0446. The molecule has 0 saturated heterocycles. The van der Waals surface area contributed by atoms with Crippen LogP contribution in [-0.2, 0) is 20.0 Å². The van der Waals surface area contributed by atoms with Gasteiger partial charge >= 0.3 is 5.69 Å². The number of carbonyl (C=O) groups is 1. The third kappa shape index (κ3) is 5.25. The predicted molar refractivity (Wildman–Crippen MR) is 164 cm³/mol. The van der Waals surface area contributed by atoms with Crippen LogP contribution in [-0.4, -0.2) is 37.7 Å². The Balaban J connectivity index is 1.30. The first-order valence-electron chi connectivity index (χ1n) is 14.2. The normalized spacial score (nSPS) is 15.0. The van der Waals surface area contributed by atoms with Gasteiger partial charge in [0.15, 0.2) is 0 Å².